The third-order valence-electron chi connectivity index (χ3n) is 4.85. The molecule has 6 nitrogen and oxygen atoms in total. The van der Waals surface area contributed by atoms with Gasteiger partial charge in [0.15, 0.2) is 5.96 Å². The monoisotopic (exact) mass is 482 g/mol. The molecular weight excluding hydrogens is 451 g/mol. The van der Waals surface area contributed by atoms with Crippen LogP contribution in [0.15, 0.2) is 41.5 Å². The minimum Gasteiger partial charge on any atom is -0.357 e. The van der Waals surface area contributed by atoms with Gasteiger partial charge in [0, 0.05) is 19.1 Å². The van der Waals surface area contributed by atoms with Crippen molar-refractivity contribution in [3.8, 4) is 11.3 Å². The first kappa shape index (κ1) is 21.7. The van der Waals surface area contributed by atoms with Crippen LogP contribution in [0.2, 0.25) is 0 Å². The fourth-order valence-electron chi connectivity index (χ4n) is 3.46. The third-order valence-corrected chi connectivity index (χ3v) is 4.85. The van der Waals surface area contributed by atoms with Crippen molar-refractivity contribution >= 4 is 29.9 Å². The third kappa shape index (κ3) is 6.21. The van der Waals surface area contributed by atoms with Gasteiger partial charge in [-0.2, -0.15) is 0 Å². The van der Waals surface area contributed by atoms with Gasteiger partial charge in [-0.3, -0.25) is 4.90 Å². The summed E-state index contributed by atoms with van der Waals surface area (Å²) in [6.45, 7) is 8.98. The van der Waals surface area contributed by atoms with Gasteiger partial charge in [-0.05, 0) is 38.4 Å². The normalized spacial score (nSPS) is 17.6. The van der Waals surface area contributed by atoms with E-state index in [1.807, 2.05) is 24.4 Å². The molecule has 1 unspecified atom stereocenters. The summed E-state index contributed by atoms with van der Waals surface area (Å²) in [5, 5.41) is 6.82. The zero-order valence-corrected chi connectivity index (χ0v) is 18.6. The standard InChI is InChI=1S/C20H30N6.HI/c1-3-21-20(23-13-17-11-8-12-26(17)4-2)24-15-19-22-14-18(25-19)16-9-6-5-7-10-16;/h5-7,9-10,14,17H,3-4,8,11-13,15H2,1-2H3,(H,22,25)(H2,21,23,24);1H. The molecule has 1 aromatic heterocycles. The van der Waals surface area contributed by atoms with Crippen molar-refractivity contribution in [1.82, 2.24) is 25.5 Å². The maximum absolute atomic E-state index is 4.68. The average Bonchev–Trinajstić information content (AvgIpc) is 3.34. The highest BCUT2D eigenvalue weighted by molar-refractivity contribution is 14.0. The van der Waals surface area contributed by atoms with Crippen LogP contribution >= 0.6 is 24.0 Å². The van der Waals surface area contributed by atoms with Crippen molar-refractivity contribution in [2.45, 2.75) is 39.3 Å². The minimum absolute atomic E-state index is 0. The summed E-state index contributed by atoms with van der Waals surface area (Å²) in [7, 11) is 0. The van der Waals surface area contributed by atoms with Gasteiger partial charge in [0.1, 0.15) is 12.4 Å². The Bertz CT molecular complexity index is 700. The molecule has 1 atom stereocenters. The van der Waals surface area contributed by atoms with Gasteiger partial charge < -0.3 is 15.6 Å². The van der Waals surface area contributed by atoms with Crippen LogP contribution in [0.25, 0.3) is 11.3 Å². The van der Waals surface area contributed by atoms with Crippen molar-refractivity contribution < 1.29 is 0 Å². The average molecular weight is 482 g/mol. The molecule has 0 radical (unpaired) electrons. The fraction of sp³-hybridized carbons (Fsp3) is 0.500. The lowest BCUT2D eigenvalue weighted by molar-refractivity contribution is 0.267. The molecule has 0 spiro atoms. The highest BCUT2D eigenvalue weighted by Gasteiger charge is 2.22. The topological polar surface area (TPSA) is 68.3 Å². The predicted molar refractivity (Wildman–Crippen MR) is 123 cm³/mol. The highest BCUT2D eigenvalue weighted by Crippen LogP contribution is 2.17. The van der Waals surface area contributed by atoms with Crippen LogP contribution in [-0.2, 0) is 6.54 Å². The Morgan fingerprint density at radius 3 is 2.81 bits per heavy atom. The molecule has 3 rings (SSSR count). The number of imidazole rings is 1. The number of benzene rings is 1. The second-order valence-corrected chi connectivity index (χ2v) is 6.61. The molecule has 1 saturated heterocycles. The molecule has 1 fully saturated rings. The van der Waals surface area contributed by atoms with Gasteiger partial charge >= 0.3 is 0 Å². The van der Waals surface area contributed by atoms with E-state index in [9.17, 15) is 0 Å². The first-order valence-corrected chi connectivity index (χ1v) is 9.65. The molecule has 2 heterocycles. The molecule has 0 bridgehead atoms. The SMILES string of the molecule is CCNC(=NCc1ncc(-c2ccccc2)[nH]1)NCC1CCCN1CC.I. The van der Waals surface area contributed by atoms with Crippen molar-refractivity contribution in [3.63, 3.8) is 0 Å². The number of likely N-dealkylation sites (tertiary alicyclic amines) is 1. The fourth-order valence-corrected chi connectivity index (χ4v) is 3.46. The summed E-state index contributed by atoms with van der Waals surface area (Å²) in [4.78, 5) is 15.0. The number of likely N-dealkylation sites (N-methyl/N-ethyl adjacent to an activating group) is 1. The molecule has 148 valence electrons. The van der Waals surface area contributed by atoms with Crippen LogP contribution in [0.4, 0.5) is 0 Å². The maximum Gasteiger partial charge on any atom is 0.191 e. The van der Waals surface area contributed by atoms with Crippen molar-refractivity contribution in [1.29, 1.82) is 0 Å². The quantitative estimate of drug-likeness (QED) is 0.322. The lowest BCUT2D eigenvalue weighted by atomic mass is 10.2. The van der Waals surface area contributed by atoms with E-state index < -0.39 is 0 Å². The first-order valence-electron chi connectivity index (χ1n) is 9.65. The summed E-state index contributed by atoms with van der Waals surface area (Å²) in [6.07, 6.45) is 4.43. The summed E-state index contributed by atoms with van der Waals surface area (Å²) in [6, 6.07) is 10.8. The van der Waals surface area contributed by atoms with E-state index in [2.05, 4.69) is 56.5 Å². The molecule has 27 heavy (non-hydrogen) atoms. The Labute approximate surface area is 179 Å². The number of aromatic amines is 1. The van der Waals surface area contributed by atoms with Crippen LogP contribution < -0.4 is 10.6 Å². The lowest BCUT2D eigenvalue weighted by Gasteiger charge is -2.23. The van der Waals surface area contributed by atoms with Crippen LogP contribution in [0, 0.1) is 0 Å². The van der Waals surface area contributed by atoms with Gasteiger partial charge in [-0.1, -0.05) is 37.3 Å². The van der Waals surface area contributed by atoms with Gasteiger partial charge in [-0.25, -0.2) is 9.98 Å². The molecule has 7 heteroatoms. The molecule has 1 aromatic carbocycles. The van der Waals surface area contributed by atoms with E-state index in [1.165, 1.54) is 19.4 Å². The van der Waals surface area contributed by atoms with E-state index >= 15 is 0 Å². The van der Waals surface area contributed by atoms with Crippen LogP contribution in [0.3, 0.4) is 0 Å². The van der Waals surface area contributed by atoms with Gasteiger partial charge in [0.2, 0.25) is 0 Å². The number of hydrogen-bond acceptors (Lipinski definition) is 3. The van der Waals surface area contributed by atoms with E-state index in [0.29, 0.717) is 12.6 Å². The van der Waals surface area contributed by atoms with Crippen molar-refractivity contribution in [2.75, 3.05) is 26.2 Å². The van der Waals surface area contributed by atoms with Crippen LogP contribution in [0.1, 0.15) is 32.5 Å². The van der Waals surface area contributed by atoms with Gasteiger partial charge in [-0.15, -0.1) is 24.0 Å². The minimum atomic E-state index is 0. The summed E-state index contributed by atoms with van der Waals surface area (Å²) in [5.74, 6) is 1.73. The number of rotatable bonds is 7. The summed E-state index contributed by atoms with van der Waals surface area (Å²) < 4.78 is 0. The molecule has 0 aliphatic carbocycles. The predicted octanol–water partition coefficient (Wildman–Crippen LogP) is 3.23. The smallest absolute Gasteiger partial charge is 0.191 e. The second-order valence-electron chi connectivity index (χ2n) is 6.61. The van der Waals surface area contributed by atoms with Crippen LogP contribution in [-0.4, -0.2) is 53.0 Å². The summed E-state index contributed by atoms with van der Waals surface area (Å²) >= 11 is 0. The number of H-pyrrole nitrogens is 1. The highest BCUT2D eigenvalue weighted by atomic mass is 127. The number of aliphatic imine (C=N–C) groups is 1. The van der Waals surface area contributed by atoms with E-state index in [4.69, 9.17) is 0 Å². The molecule has 1 aliphatic heterocycles. The molecule has 3 N–H and O–H groups in total. The van der Waals surface area contributed by atoms with Gasteiger partial charge in [0.25, 0.3) is 0 Å². The Balaban J connectivity index is 0.00000261. The zero-order chi connectivity index (χ0) is 18.2. The number of hydrogen-bond donors (Lipinski definition) is 3. The Kier molecular flexibility index (Phi) is 9.06. The Morgan fingerprint density at radius 1 is 1.26 bits per heavy atom. The lowest BCUT2D eigenvalue weighted by Crippen LogP contribution is -2.44. The number of nitrogens with one attached hydrogen (secondary N) is 3. The molecular formula is C20H31IN6. The van der Waals surface area contributed by atoms with E-state index in [-0.39, 0.29) is 24.0 Å². The van der Waals surface area contributed by atoms with E-state index in [1.54, 1.807) is 0 Å². The summed E-state index contributed by atoms with van der Waals surface area (Å²) in [5.41, 5.74) is 2.17. The number of halogens is 1. The molecule has 1 aliphatic rings. The number of guanidine groups is 1. The molecule has 0 saturated carbocycles. The second kappa shape index (κ2) is 11.3. The largest absolute Gasteiger partial charge is 0.357 e. The molecule has 0 amide bonds. The number of aromatic nitrogens is 2. The zero-order valence-electron chi connectivity index (χ0n) is 16.2. The number of nitrogens with zero attached hydrogens (tertiary/aromatic N) is 3. The Morgan fingerprint density at radius 2 is 2.07 bits per heavy atom. The van der Waals surface area contributed by atoms with E-state index in [0.717, 1.165) is 42.7 Å². The van der Waals surface area contributed by atoms with Crippen molar-refractivity contribution in [3.05, 3.63) is 42.4 Å². The molecule has 2 aromatic rings. The van der Waals surface area contributed by atoms with Crippen molar-refractivity contribution in [2.24, 2.45) is 4.99 Å². The first-order chi connectivity index (χ1) is 12.8. The van der Waals surface area contributed by atoms with Crippen LogP contribution in [0.5, 0.6) is 0 Å². The maximum atomic E-state index is 4.68. The van der Waals surface area contributed by atoms with Gasteiger partial charge in [0.05, 0.1) is 11.9 Å². The Hall–Kier alpha value is -1.61.